The Morgan fingerprint density at radius 3 is 3.21 bits per heavy atom. The Hall–Kier alpha value is -1.73. The van der Waals surface area contributed by atoms with E-state index in [0.717, 1.165) is 43.9 Å². The van der Waals surface area contributed by atoms with E-state index >= 15 is 0 Å². The topological polar surface area (TPSA) is 54.3 Å². The Balaban J connectivity index is 1.82. The molecule has 4 heteroatoms. The molecule has 1 unspecified atom stereocenters. The van der Waals surface area contributed by atoms with Gasteiger partial charge in [-0.1, -0.05) is 6.07 Å². The standard InChI is InChI=1S/C15H20N2O2/c16-8-1-2-10-19-15-7-3-5-13(11-15)17-14-6-4-9-18-12-14/h3,5,7,11,14,17H,1-2,4,6,9-10,12H2. The fourth-order valence-electron chi connectivity index (χ4n) is 2.11. The molecule has 1 N–H and O–H groups in total. The highest BCUT2D eigenvalue weighted by molar-refractivity contribution is 5.48. The minimum Gasteiger partial charge on any atom is -0.493 e. The largest absolute Gasteiger partial charge is 0.493 e. The second-order valence-electron chi connectivity index (χ2n) is 4.70. The van der Waals surface area contributed by atoms with Crippen molar-refractivity contribution >= 4 is 5.69 Å². The fourth-order valence-corrected chi connectivity index (χ4v) is 2.11. The first kappa shape index (κ1) is 13.7. The lowest BCUT2D eigenvalue weighted by Gasteiger charge is -2.24. The summed E-state index contributed by atoms with van der Waals surface area (Å²) in [5.41, 5.74) is 1.06. The molecule has 0 bridgehead atoms. The molecule has 0 saturated carbocycles. The van der Waals surface area contributed by atoms with Crippen LogP contribution in [0.5, 0.6) is 5.75 Å². The molecule has 0 aliphatic carbocycles. The molecule has 1 aromatic carbocycles. The number of nitrogens with one attached hydrogen (secondary N) is 1. The van der Waals surface area contributed by atoms with Crippen LogP contribution in [0.2, 0.25) is 0 Å². The van der Waals surface area contributed by atoms with Gasteiger partial charge in [0.15, 0.2) is 0 Å². The summed E-state index contributed by atoms with van der Waals surface area (Å²) in [6, 6.07) is 10.5. The summed E-state index contributed by atoms with van der Waals surface area (Å²) in [5, 5.41) is 11.9. The van der Waals surface area contributed by atoms with Gasteiger partial charge in [0.05, 0.1) is 19.3 Å². The first-order valence-corrected chi connectivity index (χ1v) is 6.82. The van der Waals surface area contributed by atoms with Crippen LogP contribution in [-0.2, 0) is 4.74 Å². The third-order valence-corrected chi connectivity index (χ3v) is 3.07. The molecular weight excluding hydrogens is 240 g/mol. The van der Waals surface area contributed by atoms with Gasteiger partial charge in [-0.25, -0.2) is 0 Å². The average molecular weight is 260 g/mol. The summed E-state index contributed by atoms with van der Waals surface area (Å²) in [6.45, 7) is 2.23. The molecule has 1 heterocycles. The maximum absolute atomic E-state index is 8.46. The van der Waals surface area contributed by atoms with Gasteiger partial charge in [0.1, 0.15) is 5.75 Å². The fraction of sp³-hybridized carbons (Fsp3) is 0.533. The lowest BCUT2D eigenvalue weighted by Crippen LogP contribution is -2.29. The first-order valence-electron chi connectivity index (χ1n) is 6.82. The van der Waals surface area contributed by atoms with Crippen LogP contribution in [0.4, 0.5) is 5.69 Å². The summed E-state index contributed by atoms with van der Waals surface area (Å²) in [7, 11) is 0. The molecule has 0 aromatic heterocycles. The van der Waals surface area contributed by atoms with Gasteiger partial charge in [-0.2, -0.15) is 5.26 Å². The van der Waals surface area contributed by atoms with Crippen molar-refractivity contribution in [2.45, 2.75) is 31.7 Å². The number of ether oxygens (including phenoxy) is 2. The Labute approximate surface area is 114 Å². The first-order chi connectivity index (χ1) is 9.38. The Morgan fingerprint density at radius 1 is 1.47 bits per heavy atom. The molecule has 0 spiro atoms. The van der Waals surface area contributed by atoms with Gasteiger partial charge in [-0.15, -0.1) is 0 Å². The molecule has 1 atom stereocenters. The molecule has 1 aliphatic heterocycles. The predicted molar refractivity (Wildman–Crippen MR) is 74.2 cm³/mol. The summed E-state index contributed by atoms with van der Waals surface area (Å²) in [6.07, 6.45) is 3.57. The molecule has 1 aromatic rings. The van der Waals surface area contributed by atoms with Gasteiger partial charge in [0.2, 0.25) is 0 Å². The second-order valence-corrected chi connectivity index (χ2v) is 4.70. The SMILES string of the molecule is N#CCCCOc1cccc(NC2CCCOC2)c1. The van der Waals surface area contributed by atoms with E-state index in [0.29, 0.717) is 19.1 Å². The molecule has 1 saturated heterocycles. The van der Waals surface area contributed by atoms with Crippen molar-refractivity contribution < 1.29 is 9.47 Å². The van der Waals surface area contributed by atoms with Crippen molar-refractivity contribution in [2.75, 3.05) is 25.1 Å². The minimum absolute atomic E-state index is 0.391. The van der Waals surface area contributed by atoms with Crippen LogP contribution >= 0.6 is 0 Å². The molecule has 0 radical (unpaired) electrons. The van der Waals surface area contributed by atoms with E-state index in [-0.39, 0.29) is 0 Å². The molecule has 2 rings (SSSR count). The number of hydrogen-bond donors (Lipinski definition) is 1. The quantitative estimate of drug-likeness (QED) is 0.799. The van der Waals surface area contributed by atoms with E-state index in [4.69, 9.17) is 14.7 Å². The van der Waals surface area contributed by atoms with Crippen LogP contribution in [0.1, 0.15) is 25.7 Å². The number of rotatable bonds is 6. The van der Waals surface area contributed by atoms with Gasteiger partial charge >= 0.3 is 0 Å². The minimum atomic E-state index is 0.391. The lowest BCUT2D eigenvalue weighted by atomic mass is 10.1. The number of nitriles is 1. The zero-order chi connectivity index (χ0) is 13.3. The molecule has 19 heavy (non-hydrogen) atoms. The number of benzene rings is 1. The van der Waals surface area contributed by atoms with Crippen molar-refractivity contribution in [1.82, 2.24) is 0 Å². The Morgan fingerprint density at radius 2 is 2.42 bits per heavy atom. The third-order valence-electron chi connectivity index (χ3n) is 3.07. The Bertz CT molecular complexity index is 422. The maximum Gasteiger partial charge on any atom is 0.121 e. The van der Waals surface area contributed by atoms with Crippen molar-refractivity contribution in [3.8, 4) is 11.8 Å². The number of hydrogen-bond acceptors (Lipinski definition) is 4. The van der Waals surface area contributed by atoms with E-state index < -0.39 is 0 Å². The van der Waals surface area contributed by atoms with Crippen LogP contribution in [0.3, 0.4) is 0 Å². The van der Waals surface area contributed by atoms with E-state index in [1.807, 2.05) is 24.3 Å². The predicted octanol–water partition coefficient (Wildman–Crippen LogP) is 2.96. The van der Waals surface area contributed by atoms with E-state index in [2.05, 4.69) is 11.4 Å². The Kier molecular flexibility index (Phi) is 5.51. The highest BCUT2D eigenvalue weighted by Gasteiger charge is 2.13. The van der Waals surface area contributed by atoms with Gasteiger partial charge in [0, 0.05) is 30.8 Å². The van der Waals surface area contributed by atoms with E-state index in [1.165, 1.54) is 0 Å². The highest BCUT2D eigenvalue weighted by atomic mass is 16.5. The number of nitrogens with zero attached hydrogens (tertiary/aromatic N) is 1. The summed E-state index contributed by atoms with van der Waals surface area (Å²) >= 11 is 0. The van der Waals surface area contributed by atoms with Crippen LogP contribution in [-0.4, -0.2) is 25.9 Å². The third kappa shape index (κ3) is 4.80. The maximum atomic E-state index is 8.46. The van der Waals surface area contributed by atoms with E-state index in [9.17, 15) is 0 Å². The molecule has 1 aliphatic rings. The normalized spacial score (nSPS) is 18.6. The van der Waals surface area contributed by atoms with Crippen LogP contribution in [0.25, 0.3) is 0 Å². The summed E-state index contributed by atoms with van der Waals surface area (Å²) in [5.74, 6) is 0.847. The molecule has 4 nitrogen and oxygen atoms in total. The van der Waals surface area contributed by atoms with Gasteiger partial charge in [-0.3, -0.25) is 0 Å². The lowest BCUT2D eigenvalue weighted by molar-refractivity contribution is 0.0876. The molecule has 1 fully saturated rings. The number of unbranched alkanes of at least 4 members (excludes halogenated alkanes) is 1. The zero-order valence-corrected chi connectivity index (χ0v) is 11.1. The zero-order valence-electron chi connectivity index (χ0n) is 11.1. The molecule has 0 amide bonds. The van der Waals surface area contributed by atoms with Crippen LogP contribution < -0.4 is 10.1 Å². The molecule has 102 valence electrons. The van der Waals surface area contributed by atoms with Crippen molar-refractivity contribution in [2.24, 2.45) is 0 Å². The van der Waals surface area contributed by atoms with Crippen LogP contribution in [0, 0.1) is 11.3 Å². The van der Waals surface area contributed by atoms with Crippen molar-refractivity contribution in [1.29, 1.82) is 5.26 Å². The monoisotopic (exact) mass is 260 g/mol. The van der Waals surface area contributed by atoms with E-state index in [1.54, 1.807) is 0 Å². The van der Waals surface area contributed by atoms with Gasteiger partial charge in [0.25, 0.3) is 0 Å². The summed E-state index contributed by atoms with van der Waals surface area (Å²) in [4.78, 5) is 0. The van der Waals surface area contributed by atoms with Crippen molar-refractivity contribution in [3.63, 3.8) is 0 Å². The smallest absolute Gasteiger partial charge is 0.121 e. The van der Waals surface area contributed by atoms with Gasteiger partial charge in [-0.05, 0) is 31.4 Å². The van der Waals surface area contributed by atoms with Gasteiger partial charge < -0.3 is 14.8 Å². The summed E-state index contributed by atoms with van der Waals surface area (Å²) < 4.78 is 11.1. The molecular formula is C15H20N2O2. The number of anilines is 1. The van der Waals surface area contributed by atoms with Crippen molar-refractivity contribution in [3.05, 3.63) is 24.3 Å². The average Bonchev–Trinajstić information content (AvgIpc) is 2.45. The highest BCUT2D eigenvalue weighted by Crippen LogP contribution is 2.20. The van der Waals surface area contributed by atoms with Crippen LogP contribution in [0.15, 0.2) is 24.3 Å². The second kappa shape index (κ2) is 7.65.